The molecule has 3 aromatic rings. The zero-order chi connectivity index (χ0) is 18.9. The third-order valence-corrected chi connectivity index (χ3v) is 5.77. The van der Waals surface area contributed by atoms with E-state index in [1.807, 2.05) is 54.6 Å². The van der Waals surface area contributed by atoms with E-state index in [9.17, 15) is 9.90 Å². The quantitative estimate of drug-likeness (QED) is 0.654. The second-order valence-corrected chi connectivity index (χ2v) is 7.63. The van der Waals surface area contributed by atoms with Crippen molar-refractivity contribution in [3.63, 3.8) is 0 Å². The number of carbonyl (C=O) groups is 1. The van der Waals surface area contributed by atoms with Gasteiger partial charge in [-0.2, -0.15) is 0 Å². The highest BCUT2D eigenvalue weighted by Gasteiger charge is 2.37. The lowest BCUT2D eigenvalue weighted by atomic mass is 9.71. The maximum absolute atomic E-state index is 12.8. The van der Waals surface area contributed by atoms with Gasteiger partial charge in [0.25, 0.3) is 0 Å². The minimum atomic E-state index is -0.571. The van der Waals surface area contributed by atoms with Crippen LogP contribution in [0, 0.1) is 0 Å². The topological polar surface area (TPSA) is 46.5 Å². The van der Waals surface area contributed by atoms with E-state index >= 15 is 0 Å². The van der Waals surface area contributed by atoms with E-state index in [0.717, 1.165) is 41.2 Å². The van der Waals surface area contributed by atoms with E-state index in [0.29, 0.717) is 10.6 Å². The van der Waals surface area contributed by atoms with Gasteiger partial charge in [0.2, 0.25) is 0 Å². The fourth-order valence-electron chi connectivity index (χ4n) is 4.08. The van der Waals surface area contributed by atoms with Crippen molar-refractivity contribution in [3.05, 3.63) is 82.4 Å². The highest BCUT2D eigenvalue weighted by molar-refractivity contribution is 6.30. The van der Waals surface area contributed by atoms with Crippen molar-refractivity contribution in [1.29, 1.82) is 0 Å². The summed E-state index contributed by atoms with van der Waals surface area (Å²) in [5, 5.41) is 12.8. The number of halogens is 1. The van der Waals surface area contributed by atoms with E-state index in [1.165, 1.54) is 0 Å². The summed E-state index contributed by atoms with van der Waals surface area (Å²) in [5.41, 5.74) is 2.14. The third kappa shape index (κ3) is 3.33. The monoisotopic (exact) mass is 380 g/mol. The smallest absolute Gasteiger partial charge is 0.338 e. The van der Waals surface area contributed by atoms with Crippen LogP contribution in [0.4, 0.5) is 0 Å². The summed E-state index contributed by atoms with van der Waals surface area (Å²) in [5.74, 6) is -0.360. The number of carbonyl (C=O) groups excluding carboxylic acids is 1. The Morgan fingerprint density at radius 2 is 1.93 bits per heavy atom. The van der Waals surface area contributed by atoms with Gasteiger partial charge < -0.3 is 9.84 Å². The Labute approximate surface area is 163 Å². The number of esters is 1. The summed E-state index contributed by atoms with van der Waals surface area (Å²) >= 11 is 6.13. The number of rotatable bonds is 4. The Balaban J connectivity index is 1.61. The van der Waals surface area contributed by atoms with Crippen molar-refractivity contribution in [3.8, 4) is 0 Å². The number of hydrogen-bond donors (Lipinski definition) is 1. The fraction of sp³-hybridized carbons (Fsp3) is 0.261. The molecular weight excluding hydrogens is 360 g/mol. The van der Waals surface area contributed by atoms with Crippen LogP contribution in [0.2, 0.25) is 5.02 Å². The lowest BCUT2D eigenvalue weighted by molar-refractivity contribution is 0.0286. The van der Waals surface area contributed by atoms with E-state index in [-0.39, 0.29) is 19.2 Å². The van der Waals surface area contributed by atoms with Gasteiger partial charge in [-0.25, -0.2) is 4.79 Å². The van der Waals surface area contributed by atoms with Crippen molar-refractivity contribution in [2.24, 2.45) is 0 Å². The minimum absolute atomic E-state index is 0.0650. The van der Waals surface area contributed by atoms with Crippen LogP contribution in [-0.2, 0) is 16.6 Å². The summed E-state index contributed by atoms with van der Waals surface area (Å²) in [6.45, 7) is 0.0879. The van der Waals surface area contributed by atoms with Crippen molar-refractivity contribution < 1.29 is 14.6 Å². The van der Waals surface area contributed by atoms with Crippen LogP contribution < -0.4 is 0 Å². The molecule has 1 aliphatic carbocycles. The van der Waals surface area contributed by atoms with Gasteiger partial charge >= 0.3 is 5.97 Å². The van der Waals surface area contributed by atoms with Crippen LogP contribution >= 0.6 is 11.6 Å². The van der Waals surface area contributed by atoms with Crippen molar-refractivity contribution >= 4 is 28.3 Å². The maximum atomic E-state index is 12.8. The van der Waals surface area contributed by atoms with Gasteiger partial charge in [-0.1, -0.05) is 54.1 Å². The van der Waals surface area contributed by atoms with Gasteiger partial charge in [0.05, 0.1) is 17.6 Å². The minimum Gasteiger partial charge on any atom is -0.461 e. The first kappa shape index (κ1) is 18.0. The molecule has 1 N–H and O–H groups in total. The molecule has 0 heterocycles. The molecule has 138 valence electrons. The Bertz CT molecular complexity index is 993. The summed E-state index contributed by atoms with van der Waals surface area (Å²) in [6, 6.07) is 19.1. The highest BCUT2D eigenvalue weighted by atomic mass is 35.5. The summed E-state index contributed by atoms with van der Waals surface area (Å²) in [7, 11) is 0. The number of hydrogen-bond acceptors (Lipinski definition) is 3. The van der Waals surface area contributed by atoms with Crippen molar-refractivity contribution in [2.45, 2.75) is 24.7 Å². The molecule has 1 atom stereocenters. The number of aliphatic hydroxyl groups excluding tert-OH is 1. The molecule has 1 aliphatic rings. The maximum Gasteiger partial charge on any atom is 0.338 e. The molecule has 4 rings (SSSR count). The molecule has 0 bridgehead atoms. The van der Waals surface area contributed by atoms with E-state index in [2.05, 4.69) is 0 Å². The number of aliphatic hydroxyl groups is 1. The molecule has 0 saturated carbocycles. The largest absolute Gasteiger partial charge is 0.461 e. The summed E-state index contributed by atoms with van der Waals surface area (Å²) in [4.78, 5) is 12.8. The molecular formula is C23H21ClO3. The van der Waals surface area contributed by atoms with E-state index < -0.39 is 5.41 Å². The van der Waals surface area contributed by atoms with Gasteiger partial charge in [0, 0.05) is 5.02 Å². The lowest BCUT2D eigenvalue weighted by Crippen LogP contribution is -2.40. The van der Waals surface area contributed by atoms with Crippen LogP contribution in [0.1, 0.15) is 34.3 Å². The van der Waals surface area contributed by atoms with Crippen LogP contribution in [-0.4, -0.2) is 24.3 Å². The first-order valence-corrected chi connectivity index (χ1v) is 9.55. The standard InChI is InChI=1S/C23H21ClO3/c24-18-10-11-21-17(13-18)7-4-12-23(21,14-25)15-27-22(26)20-9-3-6-16-5-1-2-8-19(16)20/h1-3,5-6,8-11,13,25H,4,7,12,14-15H2/t23-/m0/s1. The zero-order valence-electron chi connectivity index (χ0n) is 15.0. The molecule has 27 heavy (non-hydrogen) atoms. The molecule has 0 aromatic heterocycles. The first-order chi connectivity index (χ1) is 13.1. The molecule has 3 nitrogen and oxygen atoms in total. The van der Waals surface area contributed by atoms with Gasteiger partial charge in [0.15, 0.2) is 0 Å². The summed E-state index contributed by atoms with van der Waals surface area (Å²) in [6.07, 6.45) is 2.63. The predicted molar refractivity (Wildman–Crippen MR) is 107 cm³/mol. The van der Waals surface area contributed by atoms with Crippen LogP contribution in [0.5, 0.6) is 0 Å². The lowest BCUT2D eigenvalue weighted by Gasteiger charge is -2.37. The van der Waals surface area contributed by atoms with Crippen molar-refractivity contribution in [2.75, 3.05) is 13.2 Å². The molecule has 0 saturated heterocycles. The Hall–Kier alpha value is -2.36. The van der Waals surface area contributed by atoms with Crippen LogP contribution in [0.25, 0.3) is 10.8 Å². The molecule has 3 aromatic carbocycles. The van der Waals surface area contributed by atoms with E-state index in [4.69, 9.17) is 16.3 Å². The number of fused-ring (bicyclic) bond motifs is 2. The Morgan fingerprint density at radius 1 is 1.11 bits per heavy atom. The highest BCUT2D eigenvalue weighted by Crippen LogP contribution is 2.39. The molecule has 0 aliphatic heterocycles. The number of aryl methyl sites for hydroxylation is 1. The molecule has 0 unspecified atom stereocenters. The second-order valence-electron chi connectivity index (χ2n) is 7.20. The van der Waals surface area contributed by atoms with Gasteiger partial charge in [-0.05, 0) is 59.4 Å². The molecule has 0 fully saturated rings. The molecule has 4 heteroatoms. The predicted octanol–water partition coefficient (Wildman–Crippen LogP) is 4.92. The van der Waals surface area contributed by atoms with Gasteiger partial charge in [-0.3, -0.25) is 0 Å². The average Bonchev–Trinajstić information content (AvgIpc) is 2.71. The first-order valence-electron chi connectivity index (χ1n) is 9.18. The Morgan fingerprint density at radius 3 is 2.78 bits per heavy atom. The van der Waals surface area contributed by atoms with E-state index in [1.54, 1.807) is 6.07 Å². The normalized spacial score (nSPS) is 18.9. The average molecular weight is 381 g/mol. The van der Waals surface area contributed by atoms with Gasteiger partial charge in [-0.15, -0.1) is 0 Å². The van der Waals surface area contributed by atoms with Crippen LogP contribution in [0.15, 0.2) is 60.7 Å². The Kier molecular flexibility index (Phi) is 4.90. The fourth-order valence-corrected chi connectivity index (χ4v) is 4.28. The van der Waals surface area contributed by atoms with Crippen molar-refractivity contribution in [1.82, 2.24) is 0 Å². The molecule has 0 radical (unpaired) electrons. The zero-order valence-corrected chi connectivity index (χ0v) is 15.7. The summed E-state index contributed by atoms with van der Waals surface area (Å²) < 4.78 is 5.73. The number of ether oxygens (including phenoxy) is 1. The third-order valence-electron chi connectivity index (χ3n) is 5.53. The SMILES string of the molecule is O=C(OC[C@@]1(CO)CCCc2cc(Cl)ccc21)c1cccc2ccccc12. The molecule has 0 spiro atoms. The second kappa shape index (κ2) is 7.34. The van der Waals surface area contributed by atoms with Gasteiger partial charge in [0.1, 0.15) is 6.61 Å². The molecule has 0 amide bonds. The number of benzene rings is 3. The van der Waals surface area contributed by atoms with Crippen LogP contribution in [0.3, 0.4) is 0 Å².